The molecular weight excluding hydrogens is 144 g/mol. The molecule has 0 fully saturated rings. The fraction of sp³-hybridized carbons (Fsp3) is 1.00. The first kappa shape index (κ1) is 12.0. The molecule has 0 heterocycles. The average molecular weight is 170 g/mol. The smallest absolute Gasteiger partial charge is 0.0383 e. The molecule has 0 rings (SSSR count). The Morgan fingerprint density at radius 3 is 1.83 bits per heavy atom. The summed E-state index contributed by atoms with van der Waals surface area (Å²) in [6.07, 6.45) is 4.07. The molecule has 0 radical (unpaired) electrons. The zero-order valence-corrected chi connectivity index (χ0v) is 9.78. The van der Waals surface area contributed by atoms with Crippen molar-refractivity contribution in [3.8, 4) is 0 Å². The molecule has 0 aliphatic rings. The summed E-state index contributed by atoms with van der Waals surface area (Å²) >= 11 is 0. The van der Waals surface area contributed by atoms with Crippen molar-refractivity contribution < 1.29 is 0 Å². The maximum atomic E-state index is 2.39. The zero-order chi connectivity index (χ0) is 9.78. The molecule has 0 aromatic heterocycles. The molecule has 2 unspecified atom stereocenters. The van der Waals surface area contributed by atoms with Gasteiger partial charge in [-0.1, -0.05) is 48.0 Å². The van der Waals surface area contributed by atoms with E-state index >= 15 is 0 Å². The third-order valence-electron chi connectivity index (χ3n) is 2.97. The van der Waals surface area contributed by atoms with Gasteiger partial charge in [-0.15, -0.1) is 0 Å². The fourth-order valence-electron chi connectivity index (χ4n) is 1.35. The Balaban J connectivity index is 3.64. The van der Waals surface area contributed by atoms with Crippen molar-refractivity contribution in [2.24, 2.45) is 17.3 Å². The SMILES string of the molecule is CCC(C)C(C)CCC(C)(C)C. The van der Waals surface area contributed by atoms with Crippen LogP contribution in [0, 0.1) is 17.3 Å². The van der Waals surface area contributed by atoms with E-state index in [4.69, 9.17) is 0 Å². The second kappa shape index (κ2) is 4.89. The van der Waals surface area contributed by atoms with E-state index in [1.807, 2.05) is 0 Å². The third-order valence-corrected chi connectivity index (χ3v) is 2.97. The van der Waals surface area contributed by atoms with Gasteiger partial charge in [0, 0.05) is 0 Å². The van der Waals surface area contributed by atoms with Crippen molar-refractivity contribution in [2.45, 2.75) is 60.8 Å². The second-order valence-corrected chi connectivity index (χ2v) is 5.46. The highest BCUT2D eigenvalue weighted by Crippen LogP contribution is 2.27. The maximum Gasteiger partial charge on any atom is -0.0383 e. The van der Waals surface area contributed by atoms with Crippen molar-refractivity contribution in [3.63, 3.8) is 0 Å². The van der Waals surface area contributed by atoms with Crippen LogP contribution in [-0.4, -0.2) is 0 Å². The quantitative estimate of drug-likeness (QED) is 0.583. The molecule has 0 aromatic carbocycles. The van der Waals surface area contributed by atoms with Crippen molar-refractivity contribution in [2.75, 3.05) is 0 Å². The van der Waals surface area contributed by atoms with Gasteiger partial charge >= 0.3 is 0 Å². The molecule has 0 aliphatic carbocycles. The standard InChI is InChI=1S/C12H26/c1-7-10(2)11(3)8-9-12(4,5)6/h10-11H,7-9H2,1-6H3. The zero-order valence-electron chi connectivity index (χ0n) is 9.78. The van der Waals surface area contributed by atoms with E-state index in [2.05, 4.69) is 41.5 Å². The van der Waals surface area contributed by atoms with Gasteiger partial charge in [0.2, 0.25) is 0 Å². The molecule has 0 aromatic rings. The van der Waals surface area contributed by atoms with Crippen LogP contribution in [0.15, 0.2) is 0 Å². The van der Waals surface area contributed by atoms with E-state index in [0.717, 1.165) is 11.8 Å². The molecule has 0 saturated carbocycles. The summed E-state index contributed by atoms with van der Waals surface area (Å²) in [6.45, 7) is 14.0. The van der Waals surface area contributed by atoms with Gasteiger partial charge in [0.25, 0.3) is 0 Å². The first-order valence-electron chi connectivity index (χ1n) is 5.37. The second-order valence-electron chi connectivity index (χ2n) is 5.46. The van der Waals surface area contributed by atoms with Gasteiger partial charge in [-0.2, -0.15) is 0 Å². The van der Waals surface area contributed by atoms with Crippen molar-refractivity contribution in [1.82, 2.24) is 0 Å². The minimum atomic E-state index is 0.516. The molecule has 0 nitrogen and oxygen atoms in total. The Labute approximate surface area is 78.8 Å². The topological polar surface area (TPSA) is 0 Å². The summed E-state index contributed by atoms with van der Waals surface area (Å²) < 4.78 is 0. The summed E-state index contributed by atoms with van der Waals surface area (Å²) in [5, 5.41) is 0. The van der Waals surface area contributed by atoms with E-state index in [9.17, 15) is 0 Å². The predicted molar refractivity (Wildman–Crippen MR) is 57.3 cm³/mol. The van der Waals surface area contributed by atoms with Crippen molar-refractivity contribution in [3.05, 3.63) is 0 Å². The maximum absolute atomic E-state index is 2.39. The summed E-state index contributed by atoms with van der Waals surface area (Å²) in [5.74, 6) is 1.79. The van der Waals surface area contributed by atoms with E-state index in [-0.39, 0.29) is 0 Å². The largest absolute Gasteiger partial charge is 0.0651 e. The summed E-state index contributed by atoms with van der Waals surface area (Å²) in [4.78, 5) is 0. The van der Waals surface area contributed by atoms with Crippen LogP contribution in [0.2, 0.25) is 0 Å². The van der Waals surface area contributed by atoms with Crippen LogP contribution >= 0.6 is 0 Å². The highest BCUT2D eigenvalue weighted by Gasteiger charge is 2.15. The minimum Gasteiger partial charge on any atom is -0.0651 e. The lowest BCUT2D eigenvalue weighted by atomic mass is 9.82. The van der Waals surface area contributed by atoms with Crippen molar-refractivity contribution in [1.29, 1.82) is 0 Å². The molecular formula is C12H26. The van der Waals surface area contributed by atoms with E-state index in [1.165, 1.54) is 19.3 Å². The monoisotopic (exact) mass is 170 g/mol. The molecule has 0 bridgehead atoms. The Kier molecular flexibility index (Phi) is 4.89. The minimum absolute atomic E-state index is 0.516. The molecule has 74 valence electrons. The van der Waals surface area contributed by atoms with Gasteiger partial charge in [0.1, 0.15) is 0 Å². The van der Waals surface area contributed by atoms with Gasteiger partial charge in [-0.05, 0) is 30.1 Å². The average Bonchev–Trinajstić information content (AvgIpc) is 1.97. The van der Waals surface area contributed by atoms with E-state index in [1.54, 1.807) is 0 Å². The Hall–Kier alpha value is 0. The molecule has 0 spiro atoms. The third kappa shape index (κ3) is 5.62. The van der Waals surface area contributed by atoms with Crippen LogP contribution in [0.1, 0.15) is 60.8 Å². The molecule has 0 saturated heterocycles. The van der Waals surface area contributed by atoms with E-state index < -0.39 is 0 Å². The molecule has 0 aliphatic heterocycles. The molecule has 2 atom stereocenters. The lowest BCUT2D eigenvalue weighted by Crippen LogP contribution is -2.12. The first-order valence-corrected chi connectivity index (χ1v) is 5.37. The Morgan fingerprint density at radius 2 is 1.50 bits per heavy atom. The lowest BCUT2D eigenvalue weighted by molar-refractivity contribution is 0.280. The summed E-state index contributed by atoms with van der Waals surface area (Å²) in [5.41, 5.74) is 0.516. The van der Waals surface area contributed by atoms with Gasteiger partial charge in [-0.25, -0.2) is 0 Å². The van der Waals surface area contributed by atoms with Crippen LogP contribution < -0.4 is 0 Å². The van der Waals surface area contributed by atoms with Crippen LogP contribution in [0.3, 0.4) is 0 Å². The molecule has 0 amide bonds. The van der Waals surface area contributed by atoms with Crippen LogP contribution in [0.5, 0.6) is 0 Å². The predicted octanol–water partition coefficient (Wildman–Crippen LogP) is 4.49. The van der Waals surface area contributed by atoms with Gasteiger partial charge < -0.3 is 0 Å². The van der Waals surface area contributed by atoms with E-state index in [0.29, 0.717) is 5.41 Å². The summed E-state index contributed by atoms with van der Waals surface area (Å²) in [6, 6.07) is 0. The number of rotatable bonds is 4. The Morgan fingerprint density at radius 1 is 1.00 bits per heavy atom. The Bertz CT molecular complexity index is 108. The van der Waals surface area contributed by atoms with Crippen molar-refractivity contribution >= 4 is 0 Å². The fourth-order valence-corrected chi connectivity index (χ4v) is 1.35. The number of hydrogen-bond acceptors (Lipinski definition) is 0. The first-order chi connectivity index (χ1) is 5.37. The van der Waals surface area contributed by atoms with Crippen LogP contribution in [0.4, 0.5) is 0 Å². The molecule has 12 heavy (non-hydrogen) atoms. The number of hydrogen-bond donors (Lipinski definition) is 0. The highest BCUT2D eigenvalue weighted by atomic mass is 14.2. The summed E-state index contributed by atoms with van der Waals surface area (Å²) in [7, 11) is 0. The van der Waals surface area contributed by atoms with Gasteiger partial charge in [0.15, 0.2) is 0 Å². The van der Waals surface area contributed by atoms with Gasteiger partial charge in [0.05, 0.1) is 0 Å². The lowest BCUT2D eigenvalue weighted by Gasteiger charge is -2.23. The molecule has 0 N–H and O–H groups in total. The van der Waals surface area contributed by atoms with Gasteiger partial charge in [-0.3, -0.25) is 0 Å². The normalized spacial score (nSPS) is 17.5. The van der Waals surface area contributed by atoms with Crippen LogP contribution in [-0.2, 0) is 0 Å². The van der Waals surface area contributed by atoms with Crippen LogP contribution in [0.25, 0.3) is 0 Å². The molecule has 0 heteroatoms. The highest BCUT2D eigenvalue weighted by molar-refractivity contribution is 4.66.